The minimum Gasteiger partial charge on any atom is -0.508 e. The van der Waals surface area contributed by atoms with Crippen LogP contribution in [0.15, 0.2) is 77.2 Å². The van der Waals surface area contributed by atoms with Gasteiger partial charge in [0.25, 0.3) is 0 Å². The van der Waals surface area contributed by atoms with Gasteiger partial charge in [0, 0.05) is 11.1 Å². The van der Waals surface area contributed by atoms with Crippen LogP contribution in [0, 0.1) is 3.77 Å². The minimum atomic E-state index is -0.247. The molecule has 5 heteroatoms. The molecule has 146 valence electrons. The molecule has 0 bridgehead atoms. The van der Waals surface area contributed by atoms with E-state index in [1.54, 1.807) is 24.3 Å². The van der Waals surface area contributed by atoms with E-state index in [-0.39, 0.29) is 17.4 Å². The Morgan fingerprint density at radius 3 is 1.70 bits per heavy atom. The second-order valence-electron chi connectivity index (χ2n) is 7.44. The Hall–Kier alpha value is -3.19. The zero-order valence-electron chi connectivity index (χ0n) is 15.6. The molecule has 0 atom stereocenters. The minimum absolute atomic E-state index is 0.199. The molecule has 0 fully saturated rings. The Morgan fingerprint density at radius 1 is 0.667 bits per heavy atom. The van der Waals surface area contributed by atoms with Crippen LogP contribution in [0.3, 0.4) is 0 Å². The Labute approximate surface area is 185 Å². The average Bonchev–Trinajstić information content (AvgIpc) is 3.17. The monoisotopic (exact) mass is 506 g/mol. The molecule has 1 aromatic heterocycles. The van der Waals surface area contributed by atoms with Crippen LogP contribution < -0.4 is 4.74 Å². The second kappa shape index (κ2) is 6.40. The number of hydrogen-bond acceptors (Lipinski definition) is 4. The summed E-state index contributed by atoms with van der Waals surface area (Å²) in [5, 5.41) is 24.2. The van der Waals surface area contributed by atoms with Gasteiger partial charge in [0.05, 0.1) is 5.92 Å². The molecule has 0 amide bonds. The van der Waals surface area contributed by atoms with Crippen molar-refractivity contribution in [2.24, 2.45) is 0 Å². The van der Waals surface area contributed by atoms with Gasteiger partial charge >= 0.3 is 0 Å². The highest BCUT2D eigenvalue weighted by molar-refractivity contribution is 14.1. The van der Waals surface area contributed by atoms with Gasteiger partial charge in [-0.25, -0.2) is 0 Å². The van der Waals surface area contributed by atoms with E-state index >= 15 is 0 Å². The van der Waals surface area contributed by atoms with E-state index in [0.29, 0.717) is 0 Å². The van der Waals surface area contributed by atoms with E-state index in [1.807, 2.05) is 48.5 Å². The fourth-order valence-electron chi connectivity index (χ4n) is 4.43. The van der Waals surface area contributed by atoms with Gasteiger partial charge < -0.3 is 19.4 Å². The molecule has 30 heavy (non-hydrogen) atoms. The number of ether oxygens (including phenoxy) is 1. The number of aromatic hydroxyl groups is 2. The Bertz CT molecular complexity index is 1380. The molecule has 0 unspecified atom stereocenters. The summed E-state index contributed by atoms with van der Waals surface area (Å²) in [7, 11) is 0. The maximum Gasteiger partial charge on any atom is 0.164 e. The molecule has 4 nitrogen and oxygen atoms in total. The molecule has 0 spiro atoms. The van der Waals surface area contributed by atoms with Gasteiger partial charge in [-0.3, -0.25) is 0 Å². The molecule has 0 radical (unpaired) electrons. The van der Waals surface area contributed by atoms with Crippen LogP contribution in [-0.4, -0.2) is 10.2 Å². The summed E-state index contributed by atoms with van der Waals surface area (Å²) in [4.78, 5) is 0. The number of phenolic OH excluding ortho intramolecular Hbond substituents is 2. The summed E-state index contributed by atoms with van der Waals surface area (Å²) in [5.41, 5.74) is 1.88. The van der Waals surface area contributed by atoms with Crippen molar-refractivity contribution in [3.05, 3.63) is 93.5 Å². The molecule has 5 aromatic rings. The van der Waals surface area contributed by atoms with Crippen molar-refractivity contribution in [2.45, 2.75) is 5.92 Å². The molecule has 2 N–H and O–H groups in total. The van der Waals surface area contributed by atoms with E-state index in [0.717, 1.165) is 53.7 Å². The quantitative estimate of drug-likeness (QED) is 0.239. The Kier molecular flexibility index (Phi) is 3.77. The first kappa shape index (κ1) is 17.7. The zero-order valence-corrected chi connectivity index (χ0v) is 17.8. The van der Waals surface area contributed by atoms with Crippen LogP contribution in [0.5, 0.6) is 23.0 Å². The molecule has 0 aliphatic carbocycles. The number of halogens is 1. The van der Waals surface area contributed by atoms with Crippen molar-refractivity contribution in [1.29, 1.82) is 0 Å². The van der Waals surface area contributed by atoms with Crippen molar-refractivity contribution in [1.82, 2.24) is 0 Å². The molecule has 0 saturated carbocycles. The number of fused-ring (bicyclic) bond motifs is 6. The fraction of sp³-hybridized carbons (Fsp3) is 0.0400. The highest BCUT2D eigenvalue weighted by Gasteiger charge is 2.34. The summed E-state index contributed by atoms with van der Waals surface area (Å²) in [6.07, 6.45) is 0. The maximum atomic E-state index is 10.2. The third-order valence-electron chi connectivity index (χ3n) is 5.69. The molecule has 1 aliphatic heterocycles. The highest BCUT2D eigenvalue weighted by Crippen LogP contribution is 2.52. The van der Waals surface area contributed by atoms with Gasteiger partial charge in [0.2, 0.25) is 0 Å². The van der Waals surface area contributed by atoms with Crippen LogP contribution in [0.4, 0.5) is 0 Å². The lowest BCUT2D eigenvalue weighted by Crippen LogP contribution is -2.12. The lowest BCUT2D eigenvalue weighted by atomic mass is 9.81. The van der Waals surface area contributed by atoms with Crippen molar-refractivity contribution in [2.75, 3.05) is 0 Å². The Balaban J connectivity index is 1.76. The first-order valence-electron chi connectivity index (χ1n) is 9.53. The Morgan fingerprint density at radius 2 is 1.20 bits per heavy atom. The van der Waals surface area contributed by atoms with Crippen molar-refractivity contribution in [3.8, 4) is 23.0 Å². The predicted molar refractivity (Wildman–Crippen MR) is 124 cm³/mol. The van der Waals surface area contributed by atoms with Crippen LogP contribution in [0.2, 0.25) is 0 Å². The van der Waals surface area contributed by atoms with Gasteiger partial charge in [-0.15, -0.1) is 0 Å². The van der Waals surface area contributed by atoms with E-state index in [4.69, 9.17) is 9.15 Å². The smallest absolute Gasteiger partial charge is 0.164 e. The molecule has 4 aromatic carbocycles. The SMILES string of the molecule is Oc1ccc2ccc3c(c2c1)C(c1ccc(I)o1)c1c(ccc2ccc(O)cc12)O3. The van der Waals surface area contributed by atoms with E-state index < -0.39 is 0 Å². The number of phenols is 2. The standard InChI is InChI=1S/C25H15IO4/c26-22-10-9-21(30-22)25-23-17-11-15(27)5-1-13(17)3-7-19(23)29-20-8-4-14-2-6-16(28)12-18(14)24(20)25/h1-12,25,27-28H. The van der Waals surface area contributed by atoms with Gasteiger partial charge in [0.1, 0.15) is 28.8 Å². The molecule has 6 rings (SSSR count). The van der Waals surface area contributed by atoms with E-state index in [9.17, 15) is 10.2 Å². The van der Waals surface area contributed by atoms with Crippen molar-refractivity contribution < 1.29 is 19.4 Å². The lowest BCUT2D eigenvalue weighted by Gasteiger charge is -2.29. The maximum absolute atomic E-state index is 10.2. The molecule has 2 heterocycles. The summed E-state index contributed by atoms with van der Waals surface area (Å²) < 4.78 is 13.2. The summed E-state index contributed by atoms with van der Waals surface area (Å²) in [5.74, 6) is 2.41. The van der Waals surface area contributed by atoms with Gasteiger partial charge in [-0.05, 0) is 92.7 Å². The molecule has 0 saturated heterocycles. The topological polar surface area (TPSA) is 62.8 Å². The lowest BCUT2D eigenvalue weighted by molar-refractivity contribution is 0.430. The predicted octanol–water partition coefficient (Wildman–Crippen LogP) is 6.89. The fourth-order valence-corrected chi connectivity index (χ4v) is 4.86. The van der Waals surface area contributed by atoms with E-state index in [1.165, 1.54) is 0 Å². The number of hydrogen-bond donors (Lipinski definition) is 2. The molecular formula is C25H15IO4. The average molecular weight is 506 g/mol. The van der Waals surface area contributed by atoms with Crippen LogP contribution >= 0.6 is 22.6 Å². The van der Waals surface area contributed by atoms with Crippen molar-refractivity contribution >= 4 is 44.1 Å². The first-order chi connectivity index (χ1) is 14.6. The largest absolute Gasteiger partial charge is 0.508 e. The van der Waals surface area contributed by atoms with Crippen LogP contribution in [0.25, 0.3) is 21.5 Å². The second-order valence-corrected chi connectivity index (χ2v) is 8.51. The third-order valence-corrected chi connectivity index (χ3v) is 6.27. The number of benzene rings is 4. The van der Waals surface area contributed by atoms with Crippen LogP contribution in [-0.2, 0) is 0 Å². The van der Waals surface area contributed by atoms with E-state index in [2.05, 4.69) is 22.6 Å². The molecular weight excluding hydrogens is 491 g/mol. The normalized spacial score (nSPS) is 13.2. The zero-order chi connectivity index (χ0) is 20.4. The van der Waals surface area contributed by atoms with Gasteiger partial charge in [-0.2, -0.15) is 0 Å². The van der Waals surface area contributed by atoms with Gasteiger partial charge in [0.15, 0.2) is 3.77 Å². The van der Waals surface area contributed by atoms with Crippen LogP contribution in [0.1, 0.15) is 22.8 Å². The third kappa shape index (κ3) is 2.58. The molecule has 1 aliphatic rings. The highest BCUT2D eigenvalue weighted by atomic mass is 127. The first-order valence-corrected chi connectivity index (χ1v) is 10.6. The number of rotatable bonds is 1. The van der Waals surface area contributed by atoms with Gasteiger partial charge in [-0.1, -0.05) is 24.3 Å². The summed E-state index contributed by atoms with van der Waals surface area (Å²) >= 11 is 2.16. The summed E-state index contributed by atoms with van der Waals surface area (Å²) in [6.45, 7) is 0. The number of furan rings is 1. The summed E-state index contributed by atoms with van der Waals surface area (Å²) in [6, 6.07) is 22.5. The van der Waals surface area contributed by atoms with Crippen molar-refractivity contribution in [3.63, 3.8) is 0 Å².